The molecule has 6 atom stereocenters. The quantitative estimate of drug-likeness (QED) is 0.179. The van der Waals surface area contributed by atoms with Gasteiger partial charge in [-0.25, -0.2) is 4.79 Å². The molecule has 0 aromatic heterocycles. The molecule has 0 radical (unpaired) electrons. The van der Waals surface area contributed by atoms with Gasteiger partial charge in [-0.2, -0.15) is 8.42 Å². The first-order valence-corrected chi connectivity index (χ1v) is 14.2. The van der Waals surface area contributed by atoms with Crippen molar-refractivity contribution in [2.75, 3.05) is 12.4 Å². The predicted molar refractivity (Wildman–Crippen MR) is 127 cm³/mol. The Bertz CT molecular complexity index is 1350. The van der Waals surface area contributed by atoms with Crippen LogP contribution in [0, 0.1) is 11.8 Å². The summed E-state index contributed by atoms with van der Waals surface area (Å²) < 4.78 is 101. The Labute approximate surface area is 231 Å². The third-order valence-corrected chi connectivity index (χ3v) is 8.23. The smallest absolute Gasteiger partial charge is 0.479 e. The number of rotatable bonds is 10. The molecule has 1 aliphatic carbocycles. The average molecular weight is 607 g/mol. The lowest BCUT2D eigenvalue weighted by Crippen LogP contribution is -2.48. The number of fused-ring (bicyclic) bond motifs is 1. The summed E-state index contributed by atoms with van der Waals surface area (Å²) in [6.07, 6.45) is -5.49. The molecule has 6 unspecified atom stereocenters. The minimum atomic E-state index is -5.04. The molecule has 12 nitrogen and oxygen atoms in total. The van der Waals surface area contributed by atoms with Crippen LogP contribution in [0.4, 0.5) is 13.2 Å². The zero-order valence-electron chi connectivity index (χ0n) is 21.2. The summed E-state index contributed by atoms with van der Waals surface area (Å²) in [6.45, 7) is 3.04. The van der Waals surface area contributed by atoms with E-state index in [4.69, 9.17) is 28.2 Å². The second-order valence-corrected chi connectivity index (χ2v) is 11.7. The number of benzene rings is 1. The van der Waals surface area contributed by atoms with Gasteiger partial charge in [-0.05, 0) is 50.0 Å². The summed E-state index contributed by atoms with van der Waals surface area (Å²) in [5, 5.41) is 0. The van der Waals surface area contributed by atoms with E-state index >= 15 is 0 Å². The van der Waals surface area contributed by atoms with Crippen LogP contribution in [0.5, 0.6) is 11.5 Å². The van der Waals surface area contributed by atoms with E-state index in [9.17, 15) is 36.0 Å². The van der Waals surface area contributed by atoms with Crippen molar-refractivity contribution in [2.45, 2.75) is 62.1 Å². The molecule has 3 heterocycles. The highest BCUT2D eigenvalue weighted by molar-refractivity contribution is 7.85. The first kappa shape index (κ1) is 29.1. The summed E-state index contributed by atoms with van der Waals surface area (Å²) in [7, 11) is -4.42. The molecular formula is C25H25F3O12S. The van der Waals surface area contributed by atoms with Crippen LogP contribution >= 0.6 is 0 Å². The van der Waals surface area contributed by atoms with Crippen molar-refractivity contribution >= 4 is 28.0 Å². The van der Waals surface area contributed by atoms with Crippen LogP contribution < -0.4 is 9.47 Å². The molecule has 4 fully saturated rings. The first-order chi connectivity index (χ1) is 19.2. The standard InChI is InChI=1S/C25H25F3O12S/c1-2-24(7-3-4-8-24)39-14-11-12(5-6-13(14)40-25(26,27)28)21(29)37-19-17-15(22(30)35-9-10-41(32,33)34)16-18(36-17)20(19)38-23(16)31/h2,5-6,11,15-20H,1,3-4,7-10H2,(H,32,33,34). The number of carbonyl (C=O) groups is 3. The third kappa shape index (κ3) is 5.85. The van der Waals surface area contributed by atoms with Gasteiger partial charge in [0.25, 0.3) is 10.1 Å². The molecule has 1 saturated carbocycles. The number of hydrogen-bond donors (Lipinski definition) is 1. The summed E-state index contributed by atoms with van der Waals surface area (Å²) in [5.41, 5.74) is -1.18. The van der Waals surface area contributed by atoms with E-state index in [0.717, 1.165) is 31.0 Å². The zero-order valence-corrected chi connectivity index (χ0v) is 22.0. The van der Waals surface area contributed by atoms with E-state index < -0.39 is 94.4 Å². The van der Waals surface area contributed by atoms with Gasteiger partial charge in [-0.15, -0.1) is 13.2 Å². The second-order valence-electron chi connectivity index (χ2n) is 10.1. The minimum absolute atomic E-state index is 0.220. The number of halogens is 3. The Kier molecular flexibility index (Phi) is 7.44. The van der Waals surface area contributed by atoms with Crippen molar-refractivity contribution in [3.05, 3.63) is 36.4 Å². The summed E-state index contributed by atoms with van der Waals surface area (Å²) in [4.78, 5) is 38.3. The molecule has 1 N–H and O–H groups in total. The molecule has 224 valence electrons. The largest absolute Gasteiger partial charge is 0.573 e. The van der Waals surface area contributed by atoms with Gasteiger partial charge in [0, 0.05) is 0 Å². The Morgan fingerprint density at radius 1 is 1.15 bits per heavy atom. The van der Waals surface area contributed by atoms with Gasteiger partial charge < -0.3 is 28.4 Å². The first-order valence-electron chi connectivity index (χ1n) is 12.6. The molecular weight excluding hydrogens is 581 g/mol. The highest BCUT2D eigenvalue weighted by Gasteiger charge is 2.72. The van der Waals surface area contributed by atoms with Crippen LogP contribution in [0.2, 0.25) is 0 Å². The fraction of sp³-hybridized carbons (Fsp3) is 0.560. The minimum Gasteiger partial charge on any atom is -0.479 e. The molecule has 0 spiro atoms. The molecule has 16 heteroatoms. The van der Waals surface area contributed by atoms with E-state index in [-0.39, 0.29) is 11.3 Å². The number of ether oxygens (including phenoxy) is 6. The predicted octanol–water partition coefficient (Wildman–Crippen LogP) is 2.36. The van der Waals surface area contributed by atoms with Crippen molar-refractivity contribution in [1.82, 2.24) is 0 Å². The van der Waals surface area contributed by atoms with E-state index in [1.165, 1.54) is 6.08 Å². The number of hydrogen-bond acceptors (Lipinski definition) is 11. The summed E-state index contributed by atoms with van der Waals surface area (Å²) in [6, 6.07) is 2.97. The Balaban J connectivity index is 1.35. The van der Waals surface area contributed by atoms with Crippen LogP contribution in [-0.4, -0.2) is 79.6 Å². The molecule has 3 aliphatic heterocycles. The maximum Gasteiger partial charge on any atom is 0.573 e. The SMILES string of the molecule is C=CC1(Oc2cc(C(=O)OC3C4OC(=O)C5C4OC3C5C(=O)OCCS(=O)(=O)O)ccc2OC(F)(F)F)CCCC1. The van der Waals surface area contributed by atoms with Crippen molar-refractivity contribution in [1.29, 1.82) is 0 Å². The second kappa shape index (κ2) is 10.5. The Morgan fingerprint density at radius 2 is 1.85 bits per heavy atom. The van der Waals surface area contributed by atoms with E-state index in [1.54, 1.807) is 0 Å². The van der Waals surface area contributed by atoms with Gasteiger partial charge >= 0.3 is 24.3 Å². The van der Waals surface area contributed by atoms with E-state index in [1.807, 2.05) is 0 Å². The topological polar surface area (TPSA) is 161 Å². The molecule has 41 heavy (non-hydrogen) atoms. The van der Waals surface area contributed by atoms with Crippen LogP contribution in [0.3, 0.4) is 0 Å². The van der Waals surface area contributed by atoms with Gasteiger partial charge in [-0.1, -0.05) is 6.58 Å². The summed E-state index contributed by atoms with van der Waals surface area (Å²) >= 11 is 0. The molecule has 3 saturated heterocycles. The lowest BCUT2D eigenvalue weighted by molar-refractivity contribution is -0.275. The van der Waals surface area contributed by atoms with Gasteiger partial charge in [0.05, 0.1) is 5.56 Å². The fourth-order valence-corrected chi connectivity index (χ4v) is 6.03. The van der Waals surface area contributed by atoms with Gasteiger partial charge in [-0.3, -0.25) is 14.1 Å². The molecule has 1 aromatic rings. The van der Waals surface area contributed by atoms with Crippen LogP contribution in [0.15, 0.2) is 30.9 Å². The number of alkyl halides is 3. The third-order valence-electron chi connectivity index (χ3n) is 7.55. The average Bonchev–Trinajstić information content (AvgIpc) is 3.62. The van der Waals surface area contributed by atoms with Crippen LogP contribution in [0.25, 0.3) is 0 Å². The molecule has 0 amide bonds. The van der Waals surface area contributed by atoms with Crippen molar-refractivity contribution in [2.24, 2.45) is 11.8 Å². The normalized spacial score (nSPS) is 29.6. The highest BCUT2D eigenvalue weighted by Crippen LogP contribution is 2.51. The van der Waals surface area contributed by atoms with Crippen molar-refractivity contribution < 1.29 is 68.9 Å². The zero-order chi connectivity index (χ0) is 29.7. The van der Waals surface area contributed by atoms with Crippen LogP contribution in [0.1, 0.15) is 36.0 Å². The monoisotopic (exact) mass is 606 g/mol. The molecule has 5 rings (SSSR count). The lowest BCUT2D eigenvalue weighted by atomic mass is 9.78. The lowest BCUT2D eigenvalue weighted by Gasteiger charge is -2.29. The van der Waals surface area contributed by atoms with E-state index in [0.29, 0.717) is 12.8 Å². The van der Waals surface area contributed by atoms with Gasteiger partial charge in [0.15, 0.2) is 23.7 Å². The van der Waals surface area contributed by atoms with Crippen molar-refractivity contribution in [3.8, 4) is 11.5 Å². The number of carbonyl (C=O) groups excluding carboxylic acids is 3. The fourth-order valence-electron chi connectivity index (χ4n) is 5.74. The number of esters is 3. The Morgan fingerprint density at radius 3 is 2.49 bits per heavy atom. The van der Waals surface area contributed by atoms with Gasteiger partial charge in [0.1, 0.15) is 42.0 Å². The Hall–Kier alpha value is -3.37. The maximum absolute atomic E-state index is 13.2. The maximum atomic E-state index is 13.2. The van der Waals surface area contributed by atoms with Crippen LogP contribution in [-0.2, 0) is 38.7 Å². The summed E-state index contributed by atoms with van der Waals surface area (Å²) in [5.74, 6) is -7.12. The molecule has 2 bridgehead atoms. The van der Waals surface area contributed by atoms with Crippen molar-refractivity contribution in [3.63, 3.8) is 0 Å². The van der Waals surface area contributed by atoms with Gasteiger partial charge in [0.2, 0.25) is 0 Å². The highest BCUT2D eigenvalue weighted by atomic mass is 32.2. The molecule has 1 aromatic carbocycles. The molecule has 4 aliphatic rings. The van der Waals surface area contributed by atoms with E-state index in [2.05, 4.69) is 11.3 Å².